The van der Waals surface area contributed by atoms with Crippen LogP contribution in [0.2, 0.25) is 10.0 Å². The number of carbonyl (C=O) groups is 2. The van der Waals surface area contributed by atoms with Crippen molar-refractivity contribution >= 4 is 40.9 Å². The highest BCUT2D eigenvalue weighted by molar-refractivity contribution is 6.39. The van der Waals surface area contributed by atoms with E-state index in [9.17, 15) is 9.59 Å². The molecule has 1 saturated carbocycles. The van der Waals surface area contributed by atoms with Crippen molar-refractivity contribution in [3.63, 3.8) is 0 Å². The predicted octanol–water partition coefficient (Wildman–Crippen LogP) is 7.45. The van der Waals surface area contributed by atoms with E-state index in [1.54, 1.807) is 43.3 Å². The molecule has 8 nitrogen and oxygen atoms in total. The van der Waals surface area contributed by atoms with Crippen LogP contribution in [0, 0.1) is 0 Å². The number of esters is 1. The Balaban J connectivity index is 1.12. The Bertz CT molecular complexity index is 1390. The number of benzene rings is 2. The fourth-order valence-corrected chi connectivity index (χ4v) is 6.55. The van der Waals surface area contributed by atoms with Crippen LogP contribution in [0.15, 0.2) is 47.0 Å². The molecule has 2 atom stereocenters. The maximum absolute atomic E-state index is 13.3. The van der Waals surface area contributed by atoms with E-state index >= 15 is 0 Å². The zero-order chi connectivity index (χ0) is 27.8. The summed E-state index contributed by atoms with van der Waals surface area (Å²) < 4.78 is 17.3. The molecule has 2 amide bonds. The lowest BCUT2D eigenvalue weighted by Crippen LogP contribution is -2.50. The highest BCUT2D eigenvalue weighted by Gasteiger charge is 2.44. The zero-order valence-electron chi connectivity index (χ0n) is 22.2. The third-order valence-electron chi connectivity index (χ3n) is 7.98. The number of hydrogen-bond acceptors (Lipinski definition) is 6. The van der Waals surface area contributed by atoms with Crippen LogP contribution in [-0.4, -0.2) is 46.9 Å². The molecule has 10 heteroatoms. The number of hydrogen-bond donors (Lipinski definition) is 1. The molecule has 0 radical (unpaired) electrons. The topological polar surface area (TPSA) is 93.9 Å². The summed E-state index contributed by atoms with van der Waals surface area (Å²) >= 11 is 13.0. The minimum Gasteiger partial charge on any atom is -0.462 e. The second-order valence-electron chi connectivity index (χ2n) is 10.7. The molecule has 40 heavy (non-hydrogen) atoms. The van der Waals surface area contributed by atoms with Crippen molar-refractivity contribution in [1.29, 1.82) is 0 Å². The van der Waals surface area contributed by atoms with Gasteiger partial charge in [-0.05, 0) is 75.8 Å². The van der Waals surface area contributed by atoms with E-state index in [4.69, 9.17) is 37.2 Å². The van der Waals surface area contributed by atoms with Gasteiger partial charge < -0.3 is 24.2 Å². The first-order valence-corrected chi connectivity index (χ1v) is 14.6. The molecule has 0 spiro atoms. The molecule has 1 aromatic heterocycles. The maximum Gasteiger partial charge on any atom is 0.338 e. The molecule has 3 aromatic rings. The monoisotopic (exact) mass is 583 g/mol. The molecular weight excluding hydrogens is 553 g/mol. The Morgan fingerprint density at radius 3 is 2.42 bits per heavy atom. The number of halogens is 2. The second kappa shape index (κ2) is 11.4. The van der Waals surface area contributed by atoms with Gasteiger partial charge >= 0.3 is 12.0 Å². The summed E-state index contributed by atoms with van der Waals surface area (Å²) in [5.41, 5.74) is 3.19. The highest BCUT2D eigenvalue weighted by atomic mass is 35.5. The van der Waals surface area contributed by atoms with Crippen LogP contribution in [0.3, 0.4) is 0 Å². The minimum absolute atomic E-state index is 0.00483. The zero-order valence-corrected chi connectivity index (χ0v) is 23.7. The maximum atomic E-state index is 13.3. The van der Waals surface area contributed by atoms with Gasteiger partial charge in [0.05, 0.1) is 34.9 Å². The van der Waals surface area contributed by atoms with E-state index in [1.807, 2.05) is 11.0 Å². The van der Waals surface area contributed by atoms with Gasteiger partial charge in [0.2, 0.25) is 0 Å². The first kappa shape index (κ1) is 27.1. The van der Waals surface area contributed by atoms with E-state index in [0.29, 0.717) is 51.7 Å². The van der Waals surface area contributed by atoms with Crippen LogP contribution in [0.5, 0.6) is 0 Å². The van der Waals surface area contributed by atoms with Crippen molar-refractivity contribution in [3.8, 4) is 11.3 Å². The molecule has 1 N–H and O–H groups in total. The molecule has 2 unspecified atom stereocenters. The summed E-state index contributed by atoms with van der Waals surface area (Å²) in [6.07, 6.45) is 5.50. The molecule has 2 saturated heterocycles. The number of urea groups is 1. The number of anilines is 1. The number of rotatable bonds is 8. The lowest BCUT2D eigenvalue weighted by molar-refractivity contribution is -0.0158. The van der Waals surface area contributed by atoms with Crippen molar-refractivity contribution < 1.29 is 23.6 Å². The van der Waals surface area contributed by atoms with Crippen LogP contribution >= 0.6 is 23.2 Å². The first-order chi connectivity index (χ1) is 19.4. The van der Waals surface area contributed by atoms with Crippen LogP contribution in [0.1, 0.15) is 73.0 Å². The molecule has 2 aliphatic heterocycles. The molecule has 3 aliphatic rings. The van der Waals surface area contributed by atoms with Gasteiger partial charge in [-0.15, -0.1) is 0 Å². The molecule has 3 heterocycles. The Hall–Kier alpha value is -3.07. The first-order valence-electron chi connectivity index (χ1n) is 13.8. The average molecular weight is 585 g/mol. The van der Waals surface area contributed by atoms with E-state index in [-0.39, 0.29) is 24.2 Å². The number of fused-ring (bicyclic) bond motifs is 2. The number of nitrogens with one attached hydrogen (secondary N) is 1. The van der Waals surface area contributed by atoms with Crippen molar-refractivity contribution in [3.05, 3.63) is 69.4 Å². The number of amides is 2. The Labute approximate surface area is 242 Å². The smallest absolute Gasteiger partial charge is 0.338 e. The third-order valence-corrected chi connectivity index (χ3v) is 8.61. The van der Waals surface area contributed by atoms with Gasteiger partial charge in [0.15, 0.2) is 0 Å². The summed E-state index contributed by atoms with van der Waals surface area (Å²) in [5.74, 6) is 0.801. The average Bonchev–Trinajstić information content (AvgIpc) is 3.64. The lowest BCUT2D eigenvalue weighted by Gasteiger charge is -2.38. The van der Waals surface area contributed by atoms with Gasteiger partial charge in [-0.3, -0.25) is 0 Å². The fraction of sp³-hybridized carbons (Fsp3) is 0.433. The van der Waals surface area contributed by atoms with Gasteiger partial charge in [-0.25, -0.2) is 9.59 Å². The third kappa shape index (κ3) is 5.45. The molecule has 2 bridgehead atoms. The number of nitrogens with zero attached hydrogens (tertiary/aromatic N) is 2. The molecular formula is C30H31Cl2N3O5. The number of ether oxygens (including phenoxy) is 2. The van der Waals surface area contributed by atoms with Crippen LogP contribution in [0.4, 0.5) is 10.5 Å². The highest BCUT2D eigenvalue weighted by Crippen LogP contribution is 2.46. The largest absolute Gasteiger partial charge is 0.462 e. The van der Waals surface area contributed by atoms with Crippen LogP contribution in [-0.2, 0) is 16.1 Å². The van der Waals surface area contributed by atoms with E-state index in [1.165, 1.54) is 0 Å². The van der Waals surface area contributed by atoms with Crippen LogP contribution in [0.25, 0.3) is 11.3 Å². The normalized spacial score (nSPS) is 21.9. The number of carbonyl (C=O) groups excluding carboxylic acids is 2. The minimum atomic E-state index is -0.408. The fourth-order valence-electron chi connectivity index (χ4n) is 5.97. The van der Waals surface area contributed by atoms with Crippen molar-refractivity contribution in [2.75, 3.05) is 11.9 Å². The van der Waals surface area contributed by atoms with E-state index < -0.39 is 5.97 Å². The van der Waals surface area contributed by atoms with E-state index in [0.717, 1.165) is 49.8 Å². The van der Waals surface area contributed by atoms with E-state index in [2.05, 4.69) is 10.5 Å². The summed E-state index contributed by atoms with van der Waals surface area (Å²) in [6.45, 7) is 2.41. The SMILES string of the molecule is CCOC(=O)c1cccc(NC(=O)N2C3CCC2CC(OCc2c(-c4c(Cl)cccc4Cl)noc2C2CC2)C3)c1. The van der Waals surface area contributed by atoms with Gasteiger partial charge in [-0.1, -0.05) is 40.5 Å². The van der Waals surface area contributed by atoms with Gasteiger partial charge in [0.25, 0.3) is 0 Å². The van der Waals surface area contributed by atoms with Crippen LogP contribution < -0.4 is 5.32 Å². The Kier molecular flexibility index (Phi) is 7.75. The predicted molar refractivity (Wildman–Crippen MR) is 152 cm³/mol. The summed E-state index contributed by atoms with van der Waals surface area (Å²) in [6, 6.07) is 12.2. The van der Waals surface area contributed by atoms with Crippen molar-refractivity contribution in [1.82, 2.24) is 10.1 Å². The Morgan fingerprint density at radius 2 is 1.75 bits per heavy atom. The second-order valence-corrected chi connectivity index (χ2v) is 11.5. The molecule has 1 aliphatic carbocycles. The Morgan fingerprint density at radius 1 is 1.05 bits per heavy atom. The number of piperidine rings is 1. The summed E-state index contributed by atoms with van der Waals surface area (Å²) in [5, 5.41) is 8.38. The van der Waals surface area contributed by atoms with Gasteiger partial charge in [-0.2, -0.15) is 0 Å². The van der Waals surface area contributed by atoms with Crippen molar-refractivity contribution in [2.24, 2.45) is 0 Å². The summed E-state index contributed by atoms with van der Waals surface area (Å²) in [4.78, 5) is 27.3. The van der Waals surface area contributed by atoms with Gasteiger partial charge in [0.1, 0.15) is 11.5 Å². The lowest BCUT2D eigenvalue weighted by atomic mass is 9.99. The van der Waals surface area contributed by atoms with Gasteiger partial charge in [0, 0.05) is 34.8 Å². The number of aromatic nitrogens is 1. The molecule has 3 fully saturated rings. The standard InChI is InChI=1S/C30H31Cl2N3O5/c1-2-38-29(36)18-5-3-6-19(13-18)33-30(37)35-20-11-12-21(35)15-22(14-20)39-16-23-27(34-40-28(23)17-9-10-17)26-24(31)7-4-8-25(26)32/h3-8,13,17,20-22H,2,9-12,14-16H2,1H3,(H,33,37). The quantitative estimate of drug-likeness (QED) is 0.277. The molecule has 2 aromatic carbocycles. The van der Waals surface area contributed by atoms with Crippen molar-refractivity contribution in [2.45, 2.75) is 76.2 Å². The molecule has 210 valence electrons. The summed E-state index contributed by atoms with van der Waals surface area (Å²) in [7, 11) is 0. The molecule has 6 rings (SSSR count).